The topological polar surface area (TPSA) is 46.6 Å². The van der Waals surface area contributed by atoms with Crippen LogP contribution in [0.3, 0.4) is 0 Å². The number of halogens is 1. The molecule has 24 heavy (non-hydrogen) atoms. The molecule has 3 rings (SSSR count). The number of carbonyl (C=O) groups is 2. The van der Waals surface area contributed by atoms with Crippen molar-refractivity contribution in [1.82, 2.24) is 0 Å². The number of amides is 1. The summed E-state index contributed by atoms with van der Waals surface area (Å²) in [4.78, 5) is 26.9. The summed E-state index contributed by atoms with van der Waals surface area (Å²) in [6.07, 6.45) is 5.10. The zero-order chi connectivity index (χ0) is 17.1. The molecule has 1 amide bonds. The van der Waals surface area contributed by atoms with Crippen LogP contribution < -0.4 is 4.90 Å². The molecule has 0 saturated carbocycles. The first-order chi connectivity index (χ1) is 11.6. The molecule has 4 nitrogen and oxygen atoms in total. The normalized spacial score (nSPS) is 21.4. The Morgan fingerprint density at radius 2 is 2.21 bits per heavy atom. The summed E-state index contributed by atoms with van der Waals surface area (Å²) < 4.78 is 5.55. The standard InChI is InChI=1S/C19H24BrNO3/c1-2-5-15(20)18(22)14-8-9-16-13(12-14)6-3-10-21(16)19(23)17-7-4-11-24-17/h8-9,12,15,17H,2-7,10-11H2,1H3. The maximum Gasteiger partial charge on any atom is 0.256 e. The number of Topliss-reactive ketones (excluding diaryl/α,β-unsaturated/α-hetero) is 1. The van der Waals surface area contributed by atoms with Crippen molar-refractivity contribution in [2.45, 2.75) is 56.4 Å². The molecule has 5 heteroatoms. The number of aryl methyl sites for hydroxylation is 1. The molecule has 1 saturated heterocycles. The quantitative estimate of drug-likeness (QED) is 0.562. The molecule has 0 aliphatic carbocycles. The highest BCUT2D eigenvalue weighted by molar-refractivity contribution is 9.10. The van der Waals surface area contributed by atoms with E-state index in [9.17, 15) is 9.59 Å². The average Bonchev–Trinajstić information content (AvgIpc) is 3.14. The van der Waals surface area contributed by atoms with Crippen LogP contribution in [0, 0.1) is 0 Å². The number of ketones is 1. The molecule has 0 spiro atoms. The Kier molecular flexibility index (Phi) is 5.72. The van der Waals surface area contributed by atoms with Gasteiger partial charge in [0.15, 0.2) is 5.78 Å². The predicted molar refractivity (Wildman–Crippen MR) is 98.0 cm³/mol. The van der Waals surface area contributed by atoms with Crippen LogP contribution in [-0.4, -0.2) is 35.8 Å². The second kappa shape index (κ2) is 7.79. The second-order valence-corrected chi connectivity index (χ2v) is 7.66. The molecule has 2 heterocycles. The Morgan fingerprint density at radius 3 is 2.92 bits per heavy atom. The monoisotopic (exact) mass is 393 g/mol. The van der Waals surface area contributed by atoms with Crippen LogP contribution in [0.15, 0.2) is 18.2 Å². The summed E-state index contributed by atoms with van der Waals surface area (Å²) >= 11 is 3.49. The Labute approximate surface area is 151 Å². The first-order valence-electron chi connectivity index (χ1n) is 8.86. The summed E-state index contributed by atoms with van der Waals surface area (Å²) in [7, 11) is 0. The van der Waals surface area contributed by atoms with Gasteiger partial charge in [-0.05, 0) is 55.9 Å². The van der Waals surface area contributed by atoms with E-state index in [0.29, 0.717) is 6.61 Å². The lowest BCUT2D eigenvalue weighted by Gasteiger charge is -2.31. The van der Waals surface area contributed by atoms with Crippen molar-refractivity contribution in [3.63, 3.8) is 0 Å². The largest absolute Gasteiger partial charge is 0.368 e. The van der Waals surface area contributed by atoms with Crippen LogP contribution >= 0.6 is 15.9 Å². The Bertz CT molecular complexity index is 625. The van der Waals surface area contributed by atoms with Crippen molar-refractivity contribution < 1.29 is 14.3 Å². The number of hydrogen-bond acceptors (Lipinski definition) is 3. The SMILES string of the molecule is CCCC(Br)C(=O)c1ccc2c(c1)CCCN2C(=O)C1CCCO1. The number of ether oxygens (including phenoxy) is 1. The number of rotatable bonds is 5. The van der Waals surface area contributed by atoms with Crippen molar-refractivity contribution in [3.8, 4) is 0 Å². The van der Waals surface area contributed by atoms with Gasteiger partial charge in [-0.3, -0.25) is 9.59 Å². The summed E-state index contributed by atoms with van der Waals surface area (Å²) in [6, 6.07) is 5.75. The van der Waals surface area contributed by atoms with E-state index in [1.807, 2.05) is 23.1 Å². The van der Waals surface area contributed by atoms with Crippen LogP contribution in [0.1, 0.15) is 54.9 Å². The fourth-order valence-electron chi connectivity index (χ4n) is 3.49. The minimum atomic E-state index is -0.297. The van der Waals surface area contributed by atoms with E-state index in [1.165, 1.54) is 0 Å². The fraction of sp³-hybridized carbons (Fsp3) is 0.579. The molecular weight excluding hydrogens is 370 g/mol. The third-order valence-electron chi connectivity index (χ3n) is 4.78. The third kappa shape index (κ3) is 3.57. The lowest BCUT2D eigenvalue weighted by atomic mass is 9.96. The van der Waals surface area contributed by atoms with Gasteiger partial charge in [0.05, 0.1) is 4.83 Å². The summed E-state index contributed by atoms with van der Waals surface area (Å²) in [5, 5.41) is 0. The highest BCUT2D eigenvalue weighted by Crippen LogP contribution is 2.31. The maximum atomic E-state index is 12.7. The molecule has 130 valence electrons. The average molecular weight is 394 g/mol. The van der Waals surface area contributed by atoms with Crippen LogP contribution in [0.4, 0.5) is 5.69 Å². The molecule has 1 aromatic rings. The highest BCUT2D eigenvalue weighted by atomic mass is 79.9. The van der Waals surface area contributed by atoms with E-state index in [0.717, 1.165) is 61.9 Å². The smallest absolute Gasteiger partial charge is 0.256 e. The molecule has 2 unspecified atom stereocenters. The van der Waals surface area contributed by atoms with Crippen molar-refractivity contribution >= 4 is 33.3 Å². The number of fused-ring (bicyclic) bond motifs is 1. The molecule has 2 aliphatic heterocycles. The van der Waals surface area contributed by atoms with Crippen molar-refractivity contribution in [1.29, 1.82) is 0 Å². The molecule has 0 N–H and O–H groups in total. The van der Waals surface area contributed by atoms with Gasteiger partial charge < -0.3 is 9.64 Å². The molecular formula is C19H24BrNO3. The first-order valence-corrected chi connectivity index (χ1v) is 9.77. The fourth-order valence-corrected chi connectivity index (χ4v) is 4.21. The Morgan fingerprint density at radius 1 is 1.38 bits per heavy atom. The van der Waals surface area contributed by atoms with Gasteiger partial charge in [0.1, 0.15) is 6.10 Å². The Balaban J connectivity index is 1.82. The number of anilines is 1. The Hall–Kier alpha value is -1.20. The van der Waals surface area contributed by atoms with Gasteiger partial charge >= 0.3 is 0 Å². The van der Waals surface area contributed by atoms with Crippen LogP contribution in [0.25, 0.3) is 0 Å². The minimum Gasteiger partial charge on any atom is -0.368 e. The van der Waals surface area contributed by atoms with E-state index < -0.39 is 0 Å². The van der Waals surface area contributed by atoms with E-state index in [1.54, 1.807) is 0 Å². The second-order valence-electron chi connectivity index (χ2n) is 6.56. The lowest BCUT2D eigenvalue weighted by molar-refractivity contribution is -0.127. The van der Waals surface area contributed by atoms with Crippen LogP contribution in [0.2, 0.25) is 0 Å². The van der Waals surface area contributed by atoms with Gasteiger partial charge in [0.25, 0.3) is 5.91 Å². The van der Waals surface area contributed by atoms with Crippen LogP contribution in [0.5, 0.6) is 0 Å². The van der Waals surface area contributed by atoms with Crippen LogP contribution in [-0.2, 0) is 16.0 Å². The highest BCUT2D eigenvalue weighted by Gasteiger charge is 2.31. The first kappa shape index (κ1) is 17.6. The van der Waals surface area contributed by atoms with Gasteiger partial charge in [-0.1, -0.05) is 29.3 Å². The van der Waals surface area contributed by atoms with Crippen molar-refractivity contribution in [3.05, 3.63) is 29.3 Å². The van der Waals surface area contributed by atoms with Gasteiger partial charge in [0, 0.05) is 24.4 Å². The van der Waals surface area contributed by atoms with Gasteiger partial charge in [-0.15, -0.1) is 0 Å². The summed E-state index contributed by atoms with van der Waals surface area (Å²) in [6.45, 7) is 3.48. The zero-order valence-corrected chi connectivity index (χ0v) is 15.7. The third-order valence-corrected chi connectivity index (χ3v) is 5.65. The number of nitrogens with zero attached hydrogens (tertiary/aromatic N) is 1. The van der Waals surface area contributed by atoms with Crippen molar-refractivity contribution in [2.24, 2.45) is 0 Å². The minimum absolute atomic E-state index is 0.0666. The maximum absolute atomic E-state index is 12.7. The number of hydrogen-bond donors (Lipinski definition) is 0. The van der Waals surface area contributed by atoms with E-state index in [-0.39, 0.29) is 22.6 Å². The van der Waals surface area contributed by atoms with Gasteiger partial charge in [-0.2, -0.15) is 0 Å². The zero-order valence-electron chi connectivity index (χ0n) is 14.1. The van der Waals surface area contributed by atoms with Gasteiger partial charge in [-0.25, -0.2) is 0 Å². The number of carbonyl (C=O) groups excluding carboxylic acids is 2. The van der Waals surface area contributed by atoms with Crippen molar-refractivity contribution in [2.75, 3.05) is 18.1 Å². The molecule has 1 fully saturated rings. The molecule has 0 radical (unpaired) electrons. The van der Waals surface area contributed by atoms with E-state index >= 15 is 0 Å². The summed E-state index contributed by atoms with van der Waals surface area (Å²) in [5.74, 6) is 0.194. The molecule has 0 aromatic heterocycles. The van der Waals surface area contributed by atoms with E-state index in [4.69, 9.17) is 4.74 Å². The number of alkyl halides is 1. The van der Waals surface area contributed by atoms with Gasteiger partial charge in [0.2, 0.25) is 0 Å². The number of benzene rings is 1. The van der Waals surface area contributed by atoms with E-state index in [2.05, 4.69) is 22.9 Å². The molecule has 1 aromatic carbocycles. The molecule has 2 aliphatic rings. The molecule has 2 atom stereocenters. The summed E-state index contributed by atoms with van der Waals surface area (Å²) in [5.41, 5.74) is 2.77. The lowest BCUT2D eigenvalue weighted by Crippen LogP contribution is -2.42. The molecule has 0 bridgehead atoms. The predicted octanol–water partition coefficient (Wildman–Crippen LogP) is 3.89.